The van der Waals surface area contributed by atoms with Crippen LogP contribution >= 0.6 is 0 Å². The summed E-state index contributed by atoms with van der Waals surface area (Å²) in [5, 5.41) is 0. The van der Waals surface area contributed by atoms with Gasteiger partial charge in [-0.25, -0.2) is 14.6 Å². The molecule has 2 bridgehead atoms. The molecule has 0 radical (unpaired) electrons. The Bertz CT molecular complexity index is 889. The van der Waals surface area contributed by atoms with Gasteiger partial charge in [0.25, 0.3) is 0 Å². The third-order valence-electron chi connectivity index (χ3n) is 8.10. The predicted octanol–water partition coefficient (Wildman–Crippen LogP) is 4.60. The van der Waals surface area contributed by atoms with Crippen LogP contribution in [0.3, 0.4) is 0 Å². The predicted molar refractivity (Wildman–Crippen MR) is 121 cm³/mol. The van der Waals surface area contributed by atoms with E-state index in [2.05, 4.69) is 13.8 Å². The maximum atomic E-state index is 11.8. The van der Waals surface area contributed by atoms with E-state index in [1.54, 1.807) is 26.0 Å². The lowest BCUT2D eigenvalue weighted by Crippen LogP contribution is -2.70. The van der Waals surface area contributed by atoms with E-state index in [1.807, 2.05) is 19.1 Å². The van der Waals surface area contributed by atoms with Gasteiger partial charge in [-0.15, -0.1) is 0 Å². The number of carbonyl (C=O) groups is 1. The molecule has 1 aromatic carbocycles. The zero-order valence-corrected chi connectivity index (χ0v) is 20.7. The van der Waals surface area contributed by atoms with E-state index in [0.717, 1.165) is 25.7 Å². The molecule has 34 heavy (non-hydrogen) atoms. The second-order valence-electron chi connectivity index (χ2n) is 10.4. The highest BCUT2D eigenvalue weighted by Crippen LogP contribution is 2.60. The van der Waals surface area contributed by atoms with Crippen LogP contribution in [-0.2, 0) is 28.8 Å². The molecule has 1 saturated carbocycles. The molecule has 8 nitrogen and oxygen atoms in total. The highest BCUT2D eigenvalue weighted by Gasteiger charge is 2.69. The van der Waals surface area contributed by atoms with Crippen molar-refractivity contribution < 1.29 is 38.3 Å². The van der Waals surface area contributed by atoms with Gasteiger partial charge in [0.1, 0.15) is 11.5 Å². The maximum Gasteiger partial charge on any atom is 0.347 e. The molecule has 8 heteroatoms. The smallest absolute Gasteiger partial charge is 0.347 e. The first-order valence-corrected chi connectivity index (χ1v) is 12.6. The van der Waals surface area contributed by atoms with Crippen molar-refractivity contribution in [3.05, 3.63) is 24.3 Å². The van der Waals surface area contributed by atoms with Crippen molar-refractivity contribution in [1.29, 1.82) is 0 Å². The second-order valence-corrected chi connectivity index (χ2v) is 10.4. The van der Waals surface area contributed by atoms with Crippen LogP contribution in [0.4, 0.5) is 0 Å². The summed E-state index contributed by atoms with van der Waals surface area (Å²) in [6, 6.07) is 7.20. The van der Waals surface area contributed by atoms with E-state index in [4.69, 9.17) is 33.5 Å². The van der Waals surface area contributed by atoms with Crippen molar-refractivity contribution in [3.63, 3.8) is 0 Å². The topological polar surface area (TPSA) is 81.7 Å². The highest BCUT2D eigenvalue weighted by atomic mass is 17.3. The fourth-order valence-electron chi connectivity index (χ4n) is 6.25. The molecule has 1 spiro atoms. The molecule has 0 N–H and O–H groups in total. The Morgan fingerprint density at radius 3 is 2.56 bits per heavy atom. The minimum absolute atomic E-state index is 0.0840. The van der Waals surface area contributed by atoms with E-state index in [0.29, 0.717) is 29.9 Å². The van der Waals surface area contributed by atoms with Crippen molar-refractivity contribution in [1.82, 2.24) is 0 Å². The van der Waals surface area contributed by atoms with Gasteiger partial charge in [-0.2, -0.15) is 0 Å². The summed E-state index contributed by atoms with van der Waals surface area (Å²) in [7, 11) is 0. The lowest BCUT2D eigenvalue weighted by Gasteiger charge is -2.60. The largest absolute Gasteiger partial charge is 0.479 e. The number of ether oxygens (including phenoxy) is 5. The fraction of sp³-hybridized carbons (Fsp3) is 0.731. The van der Waals surface area contributed by atoms with Gasteiger partial charge in [-0.1, -0.05) is 13.8 Å². The molecule has 1 aliphatic carbocycles. The molecule has 6 rings (SSSR count). The standard InChI is InChI=1S/C26H36O8/c1-6-28-22(27)17(4)29-18-8-10-19(11-9-18)30-23-16(3)21-12-7-15(2)20-13-14-25(5)32-24(31-23)26(20,21)34-33-25/h8-11,15-17,20-21,23-24H,6-7,12-14H2,1-5H3/t15-,16-,17?,20?,21?,23+,24+,25?,26-/m1/s1. The minimum Gasteiger partial charge on any atom is -0.479 e. The molecule has 4 aliphatic heterocycles. The van der Waals surface area contributed by atoms with Crippen LogP contribution in [0.5, 0.6) is 11.5 Å². The Morgan fingerprint density at radius 1 is 1.09 bits per heavy atom. The first-order chi connectivity index (χ1) is 16.3. The third kappa shape index (κ3) is 3.98. The van der Waals surface area contributed by atoms with Gasteiger partial charge in [0.15, 0.2) is 18.0 Å². The SMILES string of the molecule is CCOC(=O)C(C)Oc1ccc(O[C@H]2O[C@H]3OC4(C)CCC5[C@H](C)CCC([C@H]2C)[C@]53OO4)cc1. The fourth-order valence-corrected chi connectivity index (χ4v) is 6.25. The van der Waals surface area contributed by atoms with Gasteiger partial charge in [-0.3, -0.25) is 0 Å². The zero-order chi connectivity index (χ0) is 24.1. The first-order valence-electron chi connectivity index (χ1n) is 12.6. The lowest BCUT2D eigenvalue weighted by atomic mass is 9.58. The Kier molecular flexibility index (Phi) is 6.29. The maximum absolute atomic E-state index is 11.8. The normalized spacial score (nSPS) is 41.7. The number of benzene rings is 1. The van der Waals surface area contributed by atoms with Gasteiger partial charge < -0.3 is 23.7 Å². The first kappa shape index (κ1) is 23.9. The zero-order valence-electron chi connectivity index (χ0n) is 20.7. The van der Waals surface area contributed by atoms with E-state index < -0.39 is 30.1 Å². The van der Waals surface area contributed by atoms with Crippen LogP contribution in [-0.4, -0.2) is 42.6 Å². The van der Waals surface area contributed by atoms with Crippen molar-refractivity contribution >= 4 is 5.97 Å². The number of esters is 1. The Balaban J connectivity index is 1.31. The van der Waals surface area contributed by atoms with Crippen molar-refractivity contribution in [3.8, 4) is 11.5 Å². The molecule has 4 saturated heterocycles. The van der Waals surface area contributed by atoms with Crippen LogP contribution < -0.4 is 9.47 Å². The van der Waals surface area contributed by atoms with Crippen LogP contribution in [0, 0.1) is 23.7 Å². The van der Waals surface area contributed by atoms with Gasteiger partial charge in [0, 0.05) is 18.3 Å². The summed E-state index contributed by atoms with van der Waals surface area (Å²) in [6.07, 6.45) is 2.23. The van der Waals surface area contributed by atoms with Crippen LogP contribution in [0.2, 0.25) is 0 Å². The third-order valence-corrected chi connectivity index (χ3v) is 8.10. The minimum atomic E-state index is -0.808. The van der Waals surface area contributed by atoms with Gasteiger partial charge >= 0.3 is 5.97 Å². The Hall–Kier alpha value is -1.87. The summed E-state index contributed by atoms with van der Waals surface area (Å²) in [5.41, 5.74) is -0.603. The molecule has 1 aromatic rings. The van der Waals surface area contributed by atoms with Crippen LogP contribution in [0.1, 0.15) is 60.3 Å². The Labute approximate surface area is 201 Å². The van der Waals surface area contributed by atoms with E-state index >= 15 is 0 Å². The van der Waals surface area contributed by atoms with E-state index in [9.17, 15) is 4.79 Å². The van der Waals surface area contributed by atoms with E-state index in [1.165, 1.54) is 0 Å². The molecule has 188 valence electrons. The summed E-state index contributed by atoms with van der Waals surface area (Å²) >= 11 is 0. The average Bonchev–Trinajstić information content (AvgIpc) is 3.04. The number of hydrogen-bond donors (Lipinski definition) is 0. The number of rotatable bonds is 6. The van der Waals surface area contributed by atoms with Crippen molar-refractivity contribution in [2.75, 3.05) is 6.61 Å². The molecule has 5 fully saturated rings. The molecular formula is C26H36O8. The van der Waals surface area contributed by atoms with E-state index in [-0.39, 0.29) is 17.8 Å². The second kappa shape index (κ2) is 8.97. The van der Waals surface area contributed by atoms with Gasteiger partial charge in [0.05, 0.1) is 6.61 Å². The summed E-state index contributed by atoms with van der Waals surface area (Å²) in [5.74, 6) is 1.15. The van der Waals surface area contributed by atoms with Crippen molar-refractivity contribution in [2.45, 2.75) is 90.4 Å². The summed E-state index contributed by atoms with van der Waals surface area (Å²) in [4.78, 5) is 23.9. The average molecular weight is 477 g/mol. The number of carbonyl (C=O) groups excluding carboxylic acids is 1. The molecule has 9 atom stereocenters. The molecule has 4 unspecified atom stereocenters. The highest BCUT2D eigenvalue weighted by molar-refractivity contribution is 5.74. The van der Waals surface area contributed by atoms with Crippen LogP contribution in [0.15, 0.2) is 24.3 Å². The lowest BCUT2D eigenvalue weighted by molar-refractivity contribution is -0.575. The Morgan fingerprint density at radius 2 is 1.82 bits per heavy atom. The molecular weight excluding hydrogens is 440 g/mol. The molecule has 0 aromatic heterocycles. The summed E-state index contributed by atoms with van der Waals surface area (Å²) < 4.78 is 29.8. The molecule has 0 amide bonds. The van der Waals surface area contributed by atoms with Crippen LogP contribution in [0.25, 0.3) is 0 Å². The number of hydrogen-bond acceptors (Lipinski definition) is 8. The van der Waals surface area contributed by atoms with Gasteiger partial charge in [-0.05, 0) is 76.1 Å². The monoisotopic (exact) mass is 476 g/mol. The van der Waals surface area contributed by atoms with Crippen molar-refractivity contribution in [2.24, 2.45) is 23.7 Å². The summed E-state index contributed by atoms with van der Waals surface area (Å²) in [6.45, 7) is 10.1. The molecule has 5 aliphatic rings. The number of fused-ring (bicyclic) bond motifs is 2. The quantitative estimate of drug-likeness (QED) is 0.435. The van der Waals surface area contributed by atoms with Gasteiger partial charge in [0.2, 0.25) is 12.1 Å². The molecule has 4 heterocycles.